The number of rotatable bonds is 11. The van der Waals surface area contributed by atoms with Crippen LogP contribution in [0.5, 0.6) is 0 Å². The number of aliphatic hydroxyl groups excluding tert-OH is 3. The van der Waals surface area contributed by atoms with E-state index in [4.69, 9.17) is 14.2 Å². The zero-order chi connectivity index (χ0) is 31.1. The summed E-state index contributed by atoms with van der Waals surface area (Å²) < 4.78 is 17.5. The molecule has 2 aromatic carbocycles. The van der Waals surface area contributed by atoms with E-state index in [0.29, 0.717) is 5.69 Å². The van der Waals surface area contributed by atoms with E-state index in [0.717, 1.165) is 29.4 Å². The lowest BCUT2D eigenvalue weighted by atomic mass is 9.99. The SMILES string of the molecule is CO[C@H]1O[C@H](Cn2cc(COCCNC(=O)/C(C#N)=C/c3ccc4cc(N5CCCCC5)ccc4c3)nn2)[C@@H](O)[C@H](O)[C@H]1O. The van der Waals surface area contributed by atoms with E-state index >= 15 is 0 Å². The molecular weight excluding hydrogens is 568 g/mol. The second-order valence-electron chi connectivity index (χ2n) is 11.0. The Kier molecular flexibility index (Phi) is 10.5. The lowest BCUT2D eigenvalue weighted by Crippen LogP contribution is -2.58. The minimum absolute atomic E-state index is 0.00213. The summed E-state index contributed by atoms with van der Waals surface area (Å²) in [5.41, 5.74) is 2.49. The van der Waals surface area contributed by atoms with Crippen molar-refractivity contribution < 1.29 is 34.3 Å². The molecule has 5 atom stereocenters. The van der Waals surface area contributed by atoms with Crippen LogP contribution < -0.4 is 10.2 Å². The largest absolute Gasteiger partial charge is 0.388 e. The van der Waals surface area contributed by atoms with Crippen LogP contribution in [0.1, 0.15) is 30.5 Å². The van der Waals surface area contributed by atoms with Crippen molar-refractivity contribution in [3.63, 3.8) is 0 Å². The number of nitriles is 1. The van der Waals surface area contributed by atoms with Gasteiger partial charge in [0.2, 0.25) is 0 Å². The predicted octanol–water partition coefficient (Wildman–Crippen LogP) is 1.12. The highest BCUT2D eigenvalue weighted by molar-refractivity contribution is 6.02. The van der Waals surface area contributed by atoms with Crippen LogP contribution in [0.2, 0.25) is 0 Å². The van der Waals surface area contributed by atoms with Crippen LogP contribution in [-0.2, 0) is 32.2 Å². The molecule has 1 aromatic heterocycles. The molecule has 44 heavy (non-hydrogen) atoms. The van der Waals surface area contributed by atoms with Crippen LogP contribution in [0.25, 0.3) is 16.8 Å². The third kappa shape index (κ3) is 7.59. The first-order chi connectivity index (χ1) is 21.4. The van der Waals surface area contributed by atoms with Crippen molar-refractivity contribution >= 4 is 28.4 Å². The second kappa shape index (κ2) is 14.7. The Morgan fingerprint density at radius 3 is 2.66 bits per heavy atom. The maximum atomic E-state index is 12.6. The van der Waals surface area contributed by atoms with Gasteiger partial charge in [0, 0.05) is 32.4 Å². The van der Waals surface area contributed by atoms with Gasteiger partial charge in [-0.3, -0.25) is 4.79 Å². The summed E-state index contributed by atoms with van der Waals surface area (Å²) in [4.78, 5) is 15.1. The minimum Gasteiger partial charge on any atom is -0.388 e. The first-order valence-corrected chi connectivity index (χ1v) is 14.7. The molecule has 0 unspecified atom stereocenters. The van der Waals surface area contributed by atoms with Crippen molar-refractivity contribution in [2.45, 2.75) is 63.1 Å². The number of hydrogen-bond donors (Lipinski definition) is 4. The molecule has 234 valence electrons. The quantitative estimate of drug-likeness (QED) is 0.140. The molecule has 3 aromatic rings. The Hall–Kier alpha value is -3.90. The van der Waals surface area contributed by atoms with Crippen molar-refractivity contribution in [3.05, 3.63) is 59.4 Å². The smallest absolute Gasteiger partial charge is 0.262 e. The Morgan fingerprint density at radius 1 is 1.11 bits per heavy atom. The summed E-state index contributed by atoms with van der Waals surface area (Å²) in [6, 6.07) is 14.3. The van der Waals surface area contributed by atoms with Crippen molar-refractivity contribution in [3.8, 4) is 6.07 Å². The molecule has 3 heterocycles. The maximum absolute atomic E-state index is 12.6. The van der Waals surface area contributed by atoms with E-state index in [-0.39, 0.29) is 31.9 Å². The number of fused-ring (bicyclic) bond motifs is 1. The number of carbonyl (C=O) groups is 1. The van der Waals surface area contributed by atoms with Crippen LogP contribution in [0.4, 0.5) is 5.69 Å². The highest BCUT2D eigenvalue weighted by Gasteiger charge is 2.44. The number of amides is 1. The number of aromatic nitrogens is 3. The normalized spacial score (nSPS) is 24.3. The van der Waals surface area contributed by atoms with Gasteiger partial charge in [-0.25, -0.2) is 4.68 Å². The van der Waals surface area contributed by atoms with Crippen molar-refractivity contribution in [1.82, 2.24) is 20.3 Å². The van der Waals surface area contributed by atoms with Gasteiger partial charge in [-0.2, -0.15) is 5.26 Å². The van der Waals surface area contributed by atoms with E-state index in [1.54, 1.807) is 12.3 Å². The summed E-state index contributed by atoms with van der Waals surface area (Å²) in [5.74, 6) is -0.490. The van der Waals surface area contributed by atoms with E-state index < -0.39 is 36.6 Å². The van der Waals surface area contributed by atoms with Gasteiger partial charge in [-0.15, -0.1) is 5.10 Å². The Bertz CT molecular complexity index is 1500. The van der Waals surface area contributed by atoms with Gasteiger partial charge in [0.1, 0.15) is 41.8 Å². The Balaban J connectivity index is 1.07. The number of anilines is 1. The van der Waals surface area contributed by atoms with E-state index in [9.17, 15) is 25.4 Å². The summed E-state index contributed by atoms with van der Waals surface area (Å²) in [5, 5.41) is 52.6. The third-order valence-electron chi connectivity index (χ3n) is 7.88. The number of benzene rings is 2. The number of methoxy groups -OCH3 is 1. The fourth-order valence-corrected chi connectivity index (χ4v) is 5.45. The van der Waals surface area contributed by atoms with Crippen LogP contribution in [0.3, 0.4) is 0 Å². The number of nitrogens with one attached hydrogen (secondary N) is 1. The van der Waals surface area contributed by atoms with Crippen molar-refractivity contribution in [2.24, 2.45) is 0 Å². The van der Waals surface area contributed by atoms with E-state index in [1.807, 2.05) is 24.3 Å². The molecule has 2 fully saturated rings. The number of hydrogen-bond acceptors (Lipinski definition) is 11. The van der Waals surface area contributed by atoms with E-state index in [2.05, 4.69) is 38.7 Å². The molecule has 1 amide bonds. The first kappa shape index (κ1) is 31.5. The second-order valence-corrected chi connectivity index (χ2v) is 11.0. The molecule has 0 saturated carbocycles. The standard InChI is InChI=1S/C31H38N6O7/c1-42-31-29(40)28(39)27(38)26(44-31)18-37-17-24(34-35-37)19-43-12-9-33-30(41)23(16-32)14-20-5-6-22-15-25(8-7-21(22)13-20)36-10-3-2-4-11-36/h5-8,13-15,17,26-29,31,38-40H,2-4,9-12,18-19H2,1H3,(H,33,41)/b23-14+/t26-,27-,28+,29-,31+/m1/s1. The van der Waals surface area contributed by atoms with Crippen LogP contribution in [0.15, 0.2) is 48.2 Å². The molecule has 2 aliphatic rings. The lowest BCUT2D eigenvalue weighted by molar-refractivity contribution is -0.292. The van der Waals surface area contributed by atoms with Crippen molar-refractivity contribution in [1.29, 1.82) is 5.26 Å². The average Bonchev–Trinajstić information content (AvgIpc) is 3.50. The molecule has 0 spiro atoms. The zero-order valence-electron chi connectivity index (χ0n) is 24.6. The fourth-order valence-electron chi connectivity index (χ4n) is 5.45. The summed E-state index contributed by atoms with van der Waals surface area (Å²) in [6.07, 6.45) is 0.801. The fraction of sp³-hybridized carbons (Fsp3) is 0.484. The average molecular weight is 607 g/mol. The highest BCUT2D eigenvalue weighted by Crippen LogP contribution is 2.26. The molecule has 0 aliphatic carbocycles. The van der Waals surface area contributed by atoms with Gasteiger partial charge in [-0.1, -0.05) is 23.4 Å². The number of aliphatic hydroxyl groups is 3. The van der Waals surface area contributed by atoms with Crippen LogP contribution >= 0.6 is 0 Å². The monoisotopic (exact) mass is 606 g/mol. The van der Waals surface area contributed by atoms with Crippen molar-refractivity contribution in [2.75, 3.05) is 38.3 Å². The molecule has 2 aliphatic heterocycles. The number of nitrogens with zero attached hydrogens (tertiary/aromatic N) is 5. The third-order valence-corrected chi connectivity index (χ3v) is 7.88. The minimum atomic E-state index is -1.43. The Labute approximate surface area is 255 Å². The van der Waals surface area contributed by atoms with Gasteiger partial charge in [0.15, 0.2) is 6.29 Å². The van der Waals surface area contributed by atoms with Gasteiger partial charge in [0.25, 0.3) is 5.91 Å². The molecule has 0 radical (unpaired) electrons. The van der Waals surface area contributed by atoms with Gasteiger partial charge < -0.3 is 39.7 Å². The molecule has 5 rings (SSSR count). The predicted molar refractivity (Wildman–Crippen MR) is 160 cm³/mol. The molecule has 13 heteroatoms. The highest BCUT2D eigenvalue weighted by atomic mass is 16.7. The molecule has 2 saturated heterocycles. The summed E-state index contributed by atoms with van der Waals surface area (Å²) >= 11 is 0. The maximum Gasteiger partial charge on any atom is 0.262 e. The van der Waals surface area contributed by atoms with Gasteiger partial charge in [0.05, 0.1) is 26.0 Å². The first-order valence-electron chi connectivity index (χ1n) is 14.7. The molecule has 4 N–H and O–H groups in total. The molecule has 0 bridgehead atoms. The van der Waals surface area contributed by atoms with Crippen LogP contribution in [0, 0.1) is 11.3 Å². The summed E-state index contributed by atoms with van der Waals surface area (Å²) in [7, 11) is 1.33. The van der Waals surface area contributed by atoms with Gasteiger partial charge in [-0.05, 0) is 59.9 Å². The molecule has 13 nitrogen and oxygen atoms in total. The summed E-state index contributed by atoms with van der Waals surface area (Å²) in [6.45, 7) is 2.70. The topological polar surface area (TPSA) is 175 Å². The number of carbonyl (C=O) groups excluding carboxylic acids is 1. The lowest BCUT2D eigenvalue weighted by Gasteiger charge is -2.39. The van der Waals surface area contributed by atoms with Crippen LogP contribution in [-0.4, -0.2) is 100 Å². The molecular formula is C31H38N6O7. The van der Waals surface area contributed by atoms with E-state index in [1.165, 1.54) is 36.7 Å². The Morgan fingerprint density at radius 2 is 1.89 bits per heavy atom. The number of ether oxygens (including phenoxy) is 3. The number of piperidine rings is 1. The zero-order valence-corrected chi connectivity index (χ0v) is 24.6. The van der Waals surface area contributed by atoms with Gasteiger partial charge >= 0.3 is 0 Å².